The van der Waals surface area contributed by atoms with Crippen LogP contribution < -0.4 is 0 Å². The predicted octanol–water partition coefficient (Wildman–Crippen LogP) is 6.71. The summed E-state index contributed by atoms with van der Waals surface area (Å²) in [6.07, 6.45) is 0. The average Bonchev–Trinajstić information content (AvgIpc) is 2.63. The summed E-state index contributed by atoms with van der Waals surface area (Å²) < 4.78 is 0. The number of pyridine rings is 1. The minimum absolute atomic E-state index is 0. The summed E-state index contributed by atoms with van der Waals surface area (Å²) in [6.45, 7) is 0. The highest BCUT2D eigenvalue weighted by Gasteiger charge is 2.14. The highest BCUT2D eigenvalue weighted by atomic mass is 35.5. The van der Waals surface area contributed by atoms with Gasteiger partial charge in [-0.15, -0.1) is 12.4 Å². The lowest BCUT2D eigenvalue weighted by molar-refractivity contribution is 0.461. The molecule has 136 valence electrons. The van der Waals surface area contributed by atoms with Crippen LogP contribution in [0.2, 0.25) is 10.0 Å². The van der Waals surface area contributed by atoms with Gasteiger partial charge in [0.25, 0.3) is 0 Å². The van der Waals surface area contributed by atoms with Gasteiger partial charge in [0.2, 0.25) is 0 Å². The summed E-state index contributed by atoms with van der Waals surface area (Å²) in [7, 11) is 0. The Bertz CT molecular complexity index is 1150. The largest absolute Gasteiger partial charge is 0.508 e. The van der Waals surface area contributed by atoms with Crippen LogP contribution in [0.4, 0.5) is 0 Å². The maximum atomic E-state index is 10.2. The third kappa shape index (κ3) is 3.67. The Labute approximate surface area is 172 Å². The molecular weight excluding hydrogens is 405 g/mol. The van der Waals surface area contributed by atoms with E-state index in [1.807, 2.05) is 42.5 Å². The fourth-order valence-corrected chi connectivity index (χ4v) is 3.38. The van der Waals surface area contributed by atoms with Gasteiger partial charge in [-0.05, 0) is 54.1 Å². The summed E-state index contributed by atoms with van der Waals surface area (Å²) in [5.41, 5.74) is 3.37. The van der Waals surface area contributed by atoms with E-state index in [4.69, 9.17) is 23.2 Å². The third-order valence-corrected chi connectivity index (χ3v) is 4.76. The number of halogens is 3. The Hall–Kier alpha value is -2.46. The number of rotatable bonds is 2. The van der Waals surface area contributed by atoms with Crippen molar-refractivity contribution in [2.45, 2.75) is 0 Å². The second-order valence-corrected chi connectivity index (χ2v) is 6.74. The molecule has 3 aromatic carbocycles. The molecule has 0 unspecified atom stereocenters. The molecular formula is C21H14Cl3NO2. The number of phenols is 2. The van der Waals surface area contributed by atoms with E-state index >= 15 is 0 Å². The van der Waals surface area contributed by atoms with Crippen LogP contribution in [0.5, 0.6) is 11.5 Å². The Morgan fingerprint density at radius 2 is 1.52 bits per heavy atom. The van der Waals surface area contributed by atoms with Crippen LogP contribution in [0.1, 0.15) is 0 Å². The molecule has 0 fully saturated rings. The Balaban J connectivity index is 0.00000210. The maximum absolute atomic E-state index is 10.2. The van der Waals surface area contributed by atoms with Crippen LogP contribution >= 0.6 is 35.6 Å². The number of hydrogen-bond acceptors (Lipinski definition) is 3. The van der Waals surface area contributed by atoms with Crippen LogP contribution in [-0.2, 0) is 0 Å². The lowest BCUT2D eigenvalue weighted by atomic mass is 9.98. The molecule has 0 bridgehead atoms. The van der Waals surface area contributed by atoms with Crippen molar-refractivity contribution in [3.63, 3.8) is 0 Å². The minimum Gasteiger partial charge on any atom is -0.508 e. The van der Waals surface area contributed by atoms with Crippen molar-refractivity contribution >= 4 is 46.5 Å². The maximum Gasteiger partial charge on any atom is 0.125 e. The van der Waals surface area contributed by atoms with Gasteiger partial charge in [0, 0.05) is 26.6 Å². The molecule has 2 N–H and O–H groups in total. The fraction of sp³-hybridized carbons (Fsp3) is 0. The quantitative estimate of drug-likeness (QED) is 0.356. The molecule has 0 radical (unpaired) electrons. The first-order valence-electron chi connectivity index (χ1n) is 7.90. The number of benzene rings is 3. The summed E-state index contributed by atoms with van der Waals surface area (Å²) in [6, 6.07) is 19.1. The van der Waals surface area contributed by atoms with Crippen molar-refractivity contribution in [3.8, 4) is 33.9 Å². The summed E-state index contributed by atoms with van der Waals surface area (Å²) in [5, 5.41) is 22.1. The van der Waals surface area contributed by atoms with Gasteiger partial charge in [-0.1, -0.05) is 41.4 Å². The number of phenolic OH excluding ortho intramolecular Hbond substituents is 2. The van der Waals surface area contributed by atoms with Crippen molar-refractivity contribution in [2.24, 2.45) is 0 Å². The molecule has 1 aromatic heterocycles. The summed E-state index contributed by atoms with van der Waals surface area (Å²) >= 11 is 12.6. The number of fused-ring (bicyclic) bond motifs is 1. The van der Waals surface area contributed by atoms with Crippen molar-refractivity contribution in [1.29, 1.82) is 0 Å². The Morgan fingerprint density at radius 1 is 0.741 bits per heavy atom. The van der Waals surface area contributed by atoms with Crippen LogP contribution in [0, 0.1) is 0 Å². The second kappa shape index (κ2) is 7.65. The van der Waals surface area contributed by atoms with Crippen molar-refractivity contribution in [1.82, 2.24) is 4.98 Å². The second-order valence-electron chi connectivity index (χ2n) is 5.90. The zero-order chi connectivity index (χ0) is 18.3. The number of nitrogens with zero attached hydrogens (tertiary/aromatic N) is 1. The first-order chi connectivity index (χ1) is 12.5. The molecule has 4 rings (SSSR count). The molecule has 0 aliphatic rings. The fourth-order valence-electron chi connectivity index (χ4n) is 2.97. The molecule has 1 heterocycles. The summed E-state index contributed by atoms with van der Waals surface area (Å²) in [4.78, 5) is 4.63. The van der Waals surface area contributed by atoms with Crippen molar-refractivity contribution in [2.75, 3.05) is 0 Å². The van der Waals surface area contributed by atoms with Gasteiger partial charge < -0.3 is 10.2 Å². The number of aromatic hydroxyl groups is 2. The van der Waals surface area contributed by atoms with Gasteiger partial charge >= 0.3 is 0 Å². The van der Waals surface area contributed by atoms with Gasteiger partial charge in [0.15, 0.2) is 0 Å². The minimum atomic E-state index is 0. The molecule has 3 nitrogen and oxygen atoms in total. The Kier molecular flexibility index (Phi) is 5.47. The lowest BCUT2D eigenvalue weighted by Crippen LogP contribution is -1.91. The topological polar surface area (TPSA) is 53.4 Å². The molecule has 0 aliphatic carbocycles. The molecule has 27 heavy (non-hydrogen) atoms. The first kappa shape index (κ1) is 19.3. The SMILES string of the molecule is Cl.Oc1ccc(O)c(-c2cc(-c3ccccc3Cl)c3cc(Cl)ccc3n2)c1. The van der Waals surface area contributed by atoms with Gasteiger partial charge in [0.1, 0.15) is 11.5 Å². The highest BCUT2D eigenvalue weighted by molar-refractivity contribution is 6.34. The first-order valence-corrected chi connectivity index (χ1v) is 8.66. The van der Waals surface area contributed by atoms with Gasteiger partial charge in [0.05, 0.1) is 11.2 Å². The van der Waals surface area contributed by atoms with Gasteiger partial charge in [-0.3, -0.25) is 0 Å². The molecule has 0 atom stereocenters. The van der Waals surface area contributed by atoms with Crippen LogP contribution in [0.3, 0.4) is 0 Å². The molecule has 4 aromatic rings. The zero-order valence-electron chi connectivity index (χ0n) is 13.9. The van der Waals surface area contributed by atoms with E-state index in [1.54, 1.807) is 6.07 Å². The molecule has 0 aliphatic heterocycles. The van der Waals surface area contributed by atoms with Gasteiger partial charge in [-0.25, -0.2) is 4.98 Å². The summed E-state index contributed by atoms with van der Waals surface area (Å²) in [5.74, 6) is 0.0869. The van der Waals surface area contributed by atoms with E-state index in [1.165, 1.54) is 18.2 Å². The third-order valence-electron chi connectivity index (χ3n) is 4.19. The standard InChI is InChI=1S/C21H13Cl2NO2.ClH/c22-12-5-7-19-16(9-12)15(14-3-1-2-4-18(14)23)11-20(24-19)17-10-13(25)6-8-21(17)26;/h1-11,25-26H;1H. The van der Waals surface area contributed by atoms with Crippen molar-refractivity contribution < 1.29 is 10.2 Å². The molecule has 0 saturated heterocycles. The highest BCUT2D eigenvalue weighted by Crippen LogP contribution is 2.39. The predicted molar refractivity (Wildman–Crippen MR) is 113 cm³/mol. The number of hydrogen-bond donors (Lipinski definition) is 2. The van der Waals surface area contributed by atoms with Crippen LogP contribution in [0.25, 0.3) is 33.3 Å². The van der Waals surface area contributed by atoms with E-state index < -0.39 is 0 Å². The number of aromatic nitrogens is 1. The smallest absolute Gasteiger partial charge is 0.125 e. The van der Waals surface area contributed by atoms with E-state index in [-0.39, 0.29) is 23.9 Å². The van der Waals surface area contributed by atoms with Crippen LogP contribution in [0.15, 0.2) is 66.7 Å². The Morgan fingerprint density at radius 3 is 2.30 bits per heavy atom. The van der Waals surface area contributed by atoms with Gasteiger partial charge in [-0.2, -0.15) is 0 Å². The van der Waals surface area contributed by atoms with Crippen molar-refractivity contribution in [3.05, 3.63) is 76.8 Å². The molecule has 0 saturated carbocycles. The normalized spacial score (nSPS) is 10.6. The lowest BCUT2D eigenvalue weighted by Gasteiger charge is -2.13. The zero-order valence-corrected chi connectivity index (χ0v) is 16.2. The van der Waals surface area contributed by atoms with E-state index in [0.29, 0.717) is 26.8 Å². The van der Waals surface area contributed by atoms with E-state index in [0.717, 1.165) is 16.5 Å². The van der Waals surface area contributed by atoms with E-state index in [9.17, 15) is 10.2 Å². The molecule has 0 amide bonds. The average molecular weight is 419 g/mol. The van der Waals surface area contributed by atoms with Crippen LogP contribution in [-0.4, -0.2) is 15.2 Å². The monoisotopic (exact) mass is 417 g/mol. The molecule has 0 spiro atoms. The molecule has 6 heteroatoms. The van der Waals surface area contributed by atoms with E-state index in [2.05, 4.69) is 4.98 Å².